The molecule has 41 heavy (non-hydrogen) atoms. The molecule has 0 unspecified atom stereocenters. The van der Waals surface area contributed by atoms with Crippen molar-refractivity contribution < 1.29 is 14.0 Å². The van der Waals surface area contributed by atoms with E-state index in [0.717, 1.165) is 38.5 Å². The zero-order chi connectivity index (χ0) is 28.3. The van der Waals surface area contributed by atoms with E-state index in [-0.39, 0.29) is 41.7 Å². The number of anilines is 1. The molecule has 6 nitrogen and oxygen atoms in total. The Morgan fingerprint density at radius 3 is 2.49 bits per heavy atom. The highest BCUT2D eigenvalue weighted by atomic mass is 32.2. The van der Waals surface area contributed by atoms with Gasteiger partial charge in [0.15, 0.2) is 0 Å². The SMILES string of the molecule is Cc1ccccc1-n1nc(-c2ccccc2)c2c1N(CC(=O)NCc1ccc(F)cc1)C(=O)CS[C@H]2c1cccs1. The number of nitrogens with one attached hydrogen (secondary N) is 1. The molecule has 206 valence electrons. The van der Waals surface area contributed by atoms with E-state index in [1.807, 2.05) is 77.6 Å². The fourth-order valence-electron chi connectivity index (χ4n) is 4.96. The normalized spacial score (nSPS) is 14.9. The van der Waals surface area contributed by atoms with Crippen LogP contribution in [0.5, 0.6) is 0 Å². The minimum atomic E-state index is -0.334. The molecular formula is C32H27FN4O2S2. The number of aromatic nitrogens is 2. The molecular weight excluding hydrogens is 556 g/mol. The maximum absolute atomic E-state index is 13.8. The molecule has 1 aliphatic heterocycles. The molecule has 2 amide bonds. The van der Waals surface area contributed by atoms with Crippen molar-refractivity contribution in [3.63, 3.8) is 0 Å². The second-order valence-electron chi connectivity index (χ2n) is 9.74. The fourth-order valence-corrected chi connectivity index (χ4v) is 7.14. The number of nitrogens with zero attached hydrogens (tertiary/aromatic N) is 3. The number of thiophene rings is 1. The van der Waals surface area contributed by atoms with Crippen LogP contribution in [0.2, 0.25) is 0 Å². The number of carbonyl (C=O) groups excluding carboxylic acids is 2. The van der Waals surface area contributed by atoms with Gasteiger partial charge in [0, 0.05) is 22.5 Å². The van der Waals surface area contributed by atoms with Crippen LogP contribution in [0.3, 0.4) is 0 Å². The maximum atomic E-state index is 13.8. The van der Waals surface area contributed by atoms with Crippen LogP contribution < -0.4 is 10.2 Å². The van der Waals surface area contributed by atoms with Crippen LogP contribution >= 0.6 is 23.1 Å². The van der Waals surface area contributed by atoms with Crippen LogP contribution in [-0.4, -0.2) is 33.9 Å². The van der Waals surface area contributed by atoms with E-state index in [1.165, 1.54) is 12.1 Å². The van der Waals surface area contributed by atoms with Gasteiger partial charge in [-0.25, -0.2) is 9.07 Å². The van der Waals surface area contributed by atoms with Crippen molar-refractivity contribution in [1.82, 2.24) is 15.1 Å². The van der Waals surface area contributed by atoms with Gasteiger partial charge in [0.25, 0.3) is 0 Å². The number of hydrogen-bond donors (Lipinski definition) is 1. The first-order chi connectivity index (χ1) is 20.0. The Labute approximate surface area is 245 Å². The van der Waals surface area contributed by atoms with Crippen LogP contribution in [0.4, 0.5) is 10.2 Å². The smallest absolute Gasteiger partial charge is 0.240 e. The van der Waals surface area contributed by atoms with E-state index in [2.05, 4.69) is 11.4 Å². The summed E-state index contributed by atoms with van der Waals surface area (Å²) in [5.74, 6) is 0.00104. The zero-order valence-corrected chi connectivity index (χ0v) is 23.9. The molecule has 6 rings (SSSR count). The molecule has 0 bridgehead atoms. The van der Waals surface area contributed by atoms with E-state index in [1.54, 1.807) is 40.1 Å². The largest absolute Gasteiger partial charge is 0.350 e. The third kappa shape index (κ3) is 5.55. The van der Waals surface area contributed by atoms with Crippen LogP contribution in [0.1, 0.15) is 26.8 Å². The minimum absolute atomic E-state index is 0.144. The van der Waals surface area contributed by atoms with Gasteiger partial charge < -0.3 is 5.32 Å². The number of para-hydroxylation sites is 1. The lowest BCUT2D eigenvalue weighted by atomic mass is 10.0. The summed E-state index contributed by atoms with van der Waals surface area (Å²) in [7, 11) is 0. The van der Waals surface area contributed by atoms with Gasteiger partial charge in [0.05, 0.1) is 22.4 Å². The van der Waals surface area contributed by atoms with Crippen molar-refractivity contribution in [2.24, 2.45) is 0 Å². The van der Waals surface area contributed by atoms with Gasteiger partial charge in [-0.15, -0.1) is 23.1 Å². The number of halogens is 1. The second-order valence-corrected chi connectivity index (χ2v) is 11.8. The summed E-state index contributed by atoms with van der Waals surface area (Å²) in [6.45, 7) is 2.07. The Morgan fingerprint density at radius 1 is 1.00 bits per heavy atom. The molecule has 0 aliphatic carbocycles. The summed E-state index contributed by atoms with van der Waals surface area (Å²) in [6.07, 6.45) is 0. The molecule has 0 saturated heterocycles. The number of aryl methyl sites for hydroxylation is 1. The third-order valence-electron chi connectivity index (χ3n) is 6.99. The number of benzene rings is 3. The molecule has 0 radical (unpaired) electrons. The number of fused-ring (bicyclic) bond motifs is 1. The Kier molecular flexibility index (Phi) is 7.71. The maximum Gasteiger partial charge on any atom is 0.240 e. The van der Waals surface area contributed by atoms with E-state index in [9.17, 15) is 14.0 Å². The summed E-state index contributed by atoms with van der Waals surface area (Å²) in [6, 6.07) is 27.9. The lowest BCUT2D eigenvalue weighted by Crippen LogP contribution is -2.42. The summed E-state index contributed by atoms with van der Waals surface area (Å²) in [5.41, 5.74) is 5.23. The lowest BCUT2D eigenvalue weighted by molar-refractivity contribution is -0.123. The predicted molar refractivity (Wildman–Crippen MR) is 163 cm³/mol. The Balaban J connectivity index is 1.48. The third-order valence-corrected chi connectivity index (χ3v) is 9.31. The highest BCUT2D eigenvalue weighted by molar-refractivity contribution is 8.00. The van der Waals surface area contributed by atoms with E-state index in [0.29, 0.717) is 5.82 Å². The van der Waals surface area contributed by atoms with E-state index >= 15 is 0 Å². The standard InChI is InChI=1S/C32H27FN4O2S2/c1-21-8-5-6-11-25(21)37-32-29(30(35-37)23-9-3-2-4-10-23)31(26-12-7-17-40-26)41-20-28(39)36(32)19-27(38)34-18-22-13-15-24(33)16-14-22/h2-17,31H,18-20H2,1H3,(H,34,38)/t31-/m0/s1. The van der Waals surface area contributed by atoms with Gasteiger partial charge in [-0.2, -0.15) is 5.10 Å². The first kappa shape index (κ1) is 27.0. The minimum Gasteiger partial charge on any atom is -0.350 e. The van der Waals surface area contributed by atoms with Gasteiger partial charge in [-0.05, 0) is 47.7 Å². The van der Waals surface area contributed by atoms with Crippen LogP contribution in [0.15, 0.2) is 96.4 Å². The van der Waals surface area contributed by atoms with Gasteiger partial charge in [0.2, 0.25) is 11.8 Å². The summed E-state index contributed by atoms with van der Waals surface area (Å²) in [4.78, 5) is 29.8. The molecule has 1 aliphatic rings. The van der Waals surface area contributed by atoms with Gasteiger partial charge >= 0.3 is 0 Å². The monoisotopic (exact) mass is 582 g/mol. The molecule has 5 aromatic rings. The molecule has 0 spiro atoms. The number of rotatable bonds is 7. The molecule has 3 aromatic carbocycles. The van der Waals surface area contributed by atoms with Crippen molar-refractivity contribution in [2.75, 3.05) is 17.2 Å². The van der Waals surface area contributed by atoms with Crippen molar-refractivity contribution >= 4 is 40.7 Å². The van der Waals surface area contributed by atoms with Crippen molar-refractivity contribution in [1.29, 1.82) is 0 Å². The predicted octanol–water partition coefficient (Wildman–Crippen LogP) is 6.53. The molecule has 0 saturated carbocycles. The van der Waals surface area contributed by atoms with E-state index < -0.39 is 0 Å². The zero-order valence-electron chi connectivity index (χ0n) is 22.3. The highest BCUT2D eigenvalue weighted by Crippen LogP contribution is 2.49. The van der Waals surface area contributed by atoms with Crippen LogP contribution in [0, 0.1) is 12.7 Å². The number of carbonyl (C=O) groups is 2. The van der Waals surface area contributed by atoms with Gasteiger partial charge in [-0.1, -0.05) is 66.7 Å². The Morgan fingerprint density at radius 2 is 1.76 bits per heavy atom. The van der Waals surface area contributed by atoms with E-state index in [4.69, 9.17) is 5.10 Å². The average molecular weight is 583 g/mol. The molecule has 2 aromatic heterocycles. The van der Waals surface area contributed by atoms with Gasteiger partial charge in [-0.3, -0.25) is 14.5 Å². The van der Waals surface area contributed by atoms with Crippen LogP contribution in [-0.2, 0) is 16.1 Å². The van der Waals surface area contributed by atoms with Gasteiger partial charge in [0.1, 0.15) is 18.2 Å². The molecule has 0 fully saturated rings. The van der Waals surface area contributed by atoms with Crippen LogP contribution in [0.25, 0.3) is 16.9 Å². The Hall–Kier alpha value is -4.21. The number of hydrogen-bond acceptors (Lipinski definition) is 5. The highest BCUT2D eigenvalue weighted by Gasteiger charge is 2.38. The topological polar surface area (TPSA) is 67.2 Å². The fraction of sp³-hybridized carbons (Fsp3) is 0.156. The summed E-state index contributed by atoms with van der Waals surface area (Å²) in [5, 5.41) is 9.93. The molecule has 3 heterocycles. The summed E-state index contributed by atoms with van der Waals surface area (Å²) >= 11 is 3.20. The number of amides is 2. The van der Waals surface area contributed by atoms with Crippen molar-refractivity contribution in [2.45, 2.75) is 18.7 Å². The quantitative estimate of drug-likeness (QED) is 0.237. The Bertz CT molecular complexity index is 1680. The first-order valence-electron chi connectivity index (χ1n) is 13.2. The van der Waals surface area contributed by atoms with Crippen molar-refractivity contribution in [3.05, 3.63) is 124 Å². The first-order valence-corrected chi connectivity index (χ1v) is 15.1. The molecule has 1 N–H and O–H groups in total. The summed E-state index contributed by atoms with van der Waals surface area (Å²) < 4.78 is 15.2. The molecule has 1 atom stereocenters. The average Bonchev–Trinajstić information content (AvgIpc) is 3.63. The lowest BCUT2D eigenvalue weighted by Gasteiger charge is -2.23. The van der Waals surface area contributed by atoms with Crippen molar-refractivity contribution in [3.8, 4) is 16.9 Å². The second kappa shape index (κ2) is 11.7. The molecule has 9 heteroatoms. The number of thioether (sulfide) groups is 1.